The molecule has 3 N–H and O–H groups in total. The molecule has 0 aliphatic heterocycles. The number of halogens is 1. The molecule has 2 amide bonds. The highest BCUT2D eigenvalue weighted by Crippen LogP contribution is 2.11. The number of amides is 2. The average molecular weight is 292 g/mol. The molecule has 2 rings (SSSR count). The normalized spacial score (nSPS) is 10.9. The van der Waals surface area contributed by atoms with Crippen molar-refractivity contribution in [2.75, 3.05) is 32.5 Å². The number of pyridine rings is 1. The number of aromatic amines is 1. The number of anilines is 1. The number of benzene rings is 1. The summed E-state index contributed by atoms with van der Waals surface area (Å²) in [5, 5.41) is 5.29. The minimum absolute atomic E-state index is 0.0791. The maximum atomic E-state index is 13.2. The third kappa shape index (κ3) is 3.79. The maximum absolute atomic E-state index is 13.2. The van der Waals surface area contributed by atoms with Crippen molar-refractivity contribution in [3.05, 3.63) is 40.4 Å². The van der Waals surface area contributed by atoms with Gasteiger partial charge in [-0.25, -0.2) is 9.18 Å². The Kier molecular flexibility index (Phi) is 4.54. The van der Waals surface area contributed by atoms with E-state index in [1.807, 2.05) is 19.0 Å². The predicted octanol–water partition coefficient (Wildman–Crippen LogP) is 1.35. The first kappa shape index (κ1) is 15.0. The van der Waals surface area contributed by atoms with Crippen molar-refractivity contribution in [2.45, 2.75) is 0 Å². The first-order valence-electron chi connectivity index (χ1n) is 6.48. The molecule has 7 heteroatoms. The van der Waals surface area contributed by atoms with Crippen LogP contribution < -0.4 is 16.1 Å². The van der Waals surface area contributed by atoms with Gasteiger partial charge in [-0.05, 0) is 32.3 Å². The maximum Gasteiger partial charge on any atom is 0.319 e. The largest absolute Gasteiger partial charge is 0.359 e. The topological polar surface area (TPSA) is 77.2 Å². The monoisotopic (exact) mass is 292 g/mol. The lowest BCUT2D eigenvalue weighted by molar-refractivity contribution is 0.250. The Bertz CT molecular complexity index is 712. The molecule has 0 bridgehead atoms. The number of fused-ring (bicyclic) bond motifs is 1. The molecule has 0 aliphatic carbocycles. The van der Waals surface area contributed by atoms with Crippen LogP contribution in [-0.4, -0.2) is 43.1 Å². The van der Waals surface area contributed by atoms with Gasteiger partial charge in [0.1, 0.15) is 11.5 Å². The summed E-state index contributed by atoms with van der Waals surface area (Å²) in [7, 11) is 3.78. The molecule has 0 radical (unpaired) electrons. The zero-order valence-electron chi connectivity index (χ0n) is 11.9. The van der Waals surface area contributed by atoms with Crippen molar-refractivity contribution in [1.82, 2.24) is 15.2 Å². The summed E-state index contributed by atoms with van der Waals surface area (Å²) in [6, 6.07) is 3.41. The highest BCUT2D eigenvalue weighted by molar-refractivity contribution is 5.91. The molecule has 112 valence electrons. The minimum atomic E-state index is -0.499. The molecule has 1 aromatic carbocycles. The van der Waals surface area contributed by atoms with Crippen LogP contribution in [0.25, 0.3) is 10.9 Å². The number of rotatable bonds is 4. The van der Waals surface area contributed by atoms with Gasteiger partial charge in [0.05, 0.1) is 5.39 Å². The van der Waals surface area contributed by atoms with Gasteiger partial charge in [0.15, 0.2) is 0 Å². The van der Waals surface area contributed by atoms with E-state index in [-0.39, 0.29) is 11.1 Å². The van der Waals surface area contributed by atoms with Crippen molar-refractivity contribution in [2.24, 2.45) is 0 Å². The summed E-state index contributed by atoms with van der Waals surface area (Å²) in [6.45, 7) is 1.14. The fourth-order valence-electron chi connectivity index (χ4n) is 1.84. The summed E-state index contributed by atoms with van der Waals surface area (Å²) in [6.07, 6.45) is 1.40. The van der Waals surface area contributed by atoms with Crippen LogP contribution >= 0.6 is 0 Å². The Morgan fingerprint density at radius 1 is 1.38 bits per heavy atom. The van der Waals surface area contributed by atoms with E-state index in [1.54, 1.807) is 0 Å². The fourth-order valence-corrected chi connectivity index (χ4v) is 1.84. The number of carbonyl (C=O) groups excluding carboxylic acids is 1. The number of carbonyl (C=O) groups is 1. The standard InChI is InChI=1S/C14H17FN4O2/c1-19(2)6-5-16-14(21)18-12-8-17-11-4-3-9(15)7-10(11)13(12)20/h3-4,7-8H,5-6H2,1-2H3,(H,17,20)(H2,16,18,21). The van der Waals surface area contributed by atoms with Gasteiger partial charge in [0, 0.05) is 24.8 Å². The van der Waals surface area contributed by atoms with Gasteiger partial charge in [-0.2, -0.15) is 0 Å². The second kappa shape index (κ2) is 6.36. The Balaban J connectivity index is 2.14. The summed E-state index contributed by atoms with van der Waals surface area (Å²) >= 11 is 0. The summed E-state index contributed by atoms with van der Waals surface area (Å²) < 4.78 is 13.2. The van der Waals surface area contributed by atoms with Crippen molar-refractivity contribution >= 4 is 22.6 Å². The highest BCUT2D eigenvalue weighted by Gasteiger charge is 2.09. The molecule has 1 heterocycles. The van der Waals surface area contributed by atoms with E-state index >= 15 is 0 Å². The molecule has 21 heavy (non-hydrogen) atoms. The van der Waals surface area contributed by atoms with Crippen molar-refractivity contribution in [3.8, 4) is 0 Å². The molecule has 1 aromatic heterocycles. The van der Waals surface area contributed by atoms with Crippen LogP contribution in [0.5, 0.6) is 0 Å². The van der Waals surface area contributed by atoms with Crippen molar-refractivity contribution in [1.29, 1.82) is 0 Å². The third-order valence-corrected chi connectivity index (χ3v) is 2.94. The molecule has 0 saturated heterocycles. The summed E-state index contributed by atoms with van der Waals surface area (Å²) in [4.78, 5) is 28.6. The number of hydrogen-bond acceptors (Lipinski definition) is 3. The van der Waals surface area contributed by atoms with E-state index in [4.69, 9.17) is 0 Å². The van der Waals surface area contributed by atoms with Gasteiger partial charge in [0.2, 0.25) is 5.43 Å². The van der Waals surface area contributed by atoms with Crippen LogP contribution in [0.15, 0.2) is 29.2 Å². The van der Waals surface area contributed by atoms with E-state index in [0.29, 0.717) is 18.6 Å². The third-order valence-electron chi connectivity index (χ3n) is 2.94. The lowest BCUT2D eigenvalue weighted by atomic mass is 10.2. The van der Waals surface area contributed by atoms with Gasteiger partial charge in [-0.15, -0.1) is 0 Å². The molecular formula is C14H17FN4O2. The van der Waals surface area contributed by atoms with Gasteiger partial charge in [-0.3, -0.25) is 4.79 Å². The average Bonchev–Trinajstić information content (AvgIpc) is 2.42. The number of urea groups is 1. The fraction of sp³-hybridized carbons (Fsp3) is 0.286. The van der Waals surface area contributed by atoms with E-state index in [2.05, 4.69) is 15.6 Å². The molecule has 0 atom stereocenters. The number of likely N-dealkylation sites (N-methyl/N-ethyl adjacent to an activating group) is 1. The van der Waals surface area contributed by atoms with Crippen LogP contribution in [-0.2, 0) is 0 Å². The SMILES string of the molecule is CN(C)CCNC(=O)Nc1c[nH]c2ccc(F)cc2c1=O. The highest BCUT2D eigenvalue weighted by atomic mass is 19.1. The number of nitrogens with one attached hydrogen (secondary N) is 3. The molecule has 0 fully saturated rings. The quantitative estimate of drug-likeness (QED) is 0.796. The van der Waals surface area contributed by atoms with Crippen LogP contribution in [0.1, 0.15) is 0 Å². The first-order valence-corrected chi connectivity index (χ1v) is 6.48. The number of nitrogens with zero attached hydrogens (tertiary/aromatic N) is 1. The zero-order chi connectivity index (χ0) is 15.4. The lowest BCUT2D eigenvalue weighted by Gasteiger charge is -2.11. The summed E-state index contributed by atoms with van der Waals surface area (Å²) in [5.74, 6) is -0.499. The number of aromatic nitrogens is 1. The smallest absolute Gasteiger partial charge is 0.319 e. The van der Waals surface area contributed by atoms with Gasteiger partial charge >= 0.3 is 6.03 Å². The van der Waals surface area contributed by atoms with Gasteiger partial charge in [-0.1, -0.05) is 0 Å². The van der Waals surface area contributed by atoms with E-state index in [9.17, 15) is 14.0 Å². The van der Waals surface area contributed by atoms with Crippen molar-refractivity contribution < 1.29 is 9.18 Å². The lowest BCUT2D eigenvalue weighted by Crippen LogP contribution is -2.35. The van der Waals surface area contributed by atoms with Gasteiger partial charge < -0.3 is 20.5 Å². The Morgan fingerprint density at radius 2 is 2.14 bits per heavy atom. The molecule has 0 aliphatic rings. The van der Waals surface area contributed by atoms with Crippen LogP contribution in [0.2, 0.25) is 0 Å². The molecular weight excluding hydrogens is 275 g/mol. The van der Waals surface area contributed by atoms with Crippen LogP contribution in [0, 0.1) is 5.82 Å². The second-order valence-electron chi connectivity index (χ2n) is 4.91. The molecule has 0 spiro atoms. The Hall–Kier alpha value is -2.41. The Labute approximate surface area is 121 Å². The first-order chi connectivity index (χ1) is 9.97. The minimum Gasteiger partial charge on any atom is -0.359 e. The number of hydrogen-bond donors (Lipinski definition) is 3. The van der Waals surface area contributed by atoms with E-state index in [0.717, 1.165) is 6.07 Å². The van der Waals surface area contributed by atoms with E-state index in [1.165, 1.54) is 18.3 Å². The second-order valence-corrected chi connectivity index (χ2v) is 4.91. The van der Waals surface area contributed by atoms with Gasteiger partial charge in [0.25, 0.3) is 0 Å². The van der Waals surface area contributed by atoms with Crippen LogP contribution in [0.3, 0.4) is 0 Å². The Morgan fingerprint density at radius 3 is 2.86 bits per heavy atom. The van der Waals surface area contributed by atoms with E-state index < -0.39 is 17.3 Å². The molecule has 0 unspecified atom stereocenters. The van der Waals surface area contributed by atoms with Crippen LogP contribution in [0.4, 0.5) is 14.9 Å². The molecule has 6 nitrogen and oxygen atoms in total. The molecule has 0 saturated carbocycles. The number of H-pyrrole nitrogens is 1. The predicted molar refractivity (Wildman–Crippen MR) is 80.1 cm³/mol. The van der Waals surface area contributed by atoms with Crippen molar-refractivity contribution in [3.63, 3.8) is 0 Å². The molecule has 2 aromatic rings. The zero-order valence-corrected chi connectivity index (χ0v) is 11.9. The summed E-state index contributed by atoms with van der Waals surface area (Å²) in [5.41, 5.74) is 0.168.